The zero-order chi connectivity index (χ0) is 26.8. The number of allylic oxidation sites excluding steroid dienone is 1. The quantitative estimate of drug-likeness (QED) is 0.473. The molecule has 0 spiro atoms. The van der Waals surface area contributed by atoms with Gasteiger partial charge < -0.3 is 16.2 Å². The van der Waals surface area contributed by atoms with Crippen LogP contribution in [0.4, 0.5) is 4.39 Å². The summed E-state index contributed by atoms with van der Waals surface area (Å²) in [6.45, 7) is -0.350. The largest absolute Gasteiger partial charge is 0.392 e. The van der Waals surface area contributed by atoms with Crippen LogP contribution in [-0.2, 0) is 20.1 Å². The lowest BCUT2D eigenvalue weighted by Gasteiger charge is -2.25. The Hall–Kier alpha value is -4.31. The Morgan fingerprint density at radius 3 is 2.82 bits per heavy atom. The molecule has 0 amide bonds. The first-order valence-electron chi connectivity index (χ1n) is 13.2. The minimum Gasteiger partial charge on any atom is -0.392 e. The smallest absolute Gasteiger partial charge is 0.265 e. The average Bonchev–Trinajstić information content (AvgIpc) is 3.55. The van der Waals surface area contributed by atoms with Crippen LogP contribution in [0.2, 0.25) is 0 Å². The first-order chi connectivity index (χ1) is 18.9. The summed E-state index contributed by atoms with van der Waals surface area (Å²) in [5, 5.41) is 18.2. The van der Waals surface area contributed by atoms with E-state index in [0.29, 0.717) is 34.9 Å². The number of hydrogen-bond acceptors (Lipinski definition) is 7. The number of pyridine rings is 1. The van der Waals surface area contributed by atoms with Crippen LogP contribution in [0.5, 0.6) is 0 Å². The zero-order valence-electron chi connectivity index (χ0n) is 21.4. The van der Waals surface area contributed by atoms with Gasteiger partial charge in [0.1, 0.15) is 12.0 Å². The fourth-order valence-corrected chi connectivity index (χ4v) is 6.06. The summed E-state index contributed by atoms with van der Waals surface area (Å²) in [4.78, 5) is 22.7. The van der Waals surface area contributed by atoms with E-state index in [2.05, 4.69) is 20.4 Å². The van der Waals surface area contributed by atoms with Gasteiger partial charge in [0.05, 0.1) is 35.7 Å². The van der Waals surface area contributed by atoms with Crippen molar-refractivity contribution in [1.82, 2.24) is 19.7 Å². The van der Waals surface area contributed by atoms with Gasteiger partial charge >= 0.3 is 0 Å². The Balaban J connectivity index is 1.31. The number of aliphatic imine (C=N–C) groups is 2. The minimum absolute atomic E-state index is 0.110. The molecular weight excluding hydrogens is 497 g/mol. The molecule has 0 bridgehead atoms. The van der Waals surface area contributed by atoms with E-state index in [0.717, 1.165) is 29.7 Å². The van der Waals surface area contributed by atoms with Crippen molar-refractivity contribution < 1.29 is 9.50 Å². The number of benzene rings is 1. The highest BCUT2D eigenvalue weighted by atomic mass is 19.1. The molecule has 2 aliphatic heterocycles. The van der Waals surface area contributed by atoms with Crippen LogP contribution in [0.25, 0.3) is 17.2 Å². The molecule has 2 aliphatic carbocycles. The third kappa shape index (κ3) is 3.94. The summed E-state index contributed by atoms with van der Waals surface area (Å²) >= 11 is 0. The maximum atomic E-state index is 15.2. The average molecular weight is 526 g/mol. The van der Waals surface area contributed by atoms with Gasteiger partial charge in [-0.1, -0.05) is 12.1 Å². The minimum atomic E-state index is -0.456. The summed E-state index contributed by atoms with van der Waals surface area (Å²) in [6, 6.07) is 7.24. The third-order valence-corrected chi connectivity index (χ3v) is 8.13. The molecule has 1 fully saturated rings. The first kappa shape index (κ1) is 23.8. The maximum absolute atomic E-state index is 15.2. The highest BCUT2D eigenvalue weighted by Crippen LogP contribution is 2.43. The molecule has 9 nitrogen and oxygen atoms in total. The number of rotatable bonds is 5. The number of nitrogens with two attached hydrogens (primary N) is 1. The van der Waals surface area contributed by atoms with Crippen LogP contribution in [-0.4, -0.2) is 37.3 Å². The lowest BCUT2D eigenvalue weighted by atomic mass is 9.86. The number of fused-ring (bicyclic) bond motifs is 2. The van der Waals surface area contributed by atoms with Gasteiger partial charge in [-0.05, 0) is 60.9 Å². The monoisotopic (exact) mass is 525 g/mol. The highest BCUT2D eigenvalue weighted by Gasteiger charge is 2.37. The Morgan fingerprint density at radius 2 is 2.08 bits per heavy atom. The molecule has 4 N–H and O–H groups in total. The number of halogens is 1. The van der Waals surface area contributed by atoms with Crippen molar-refractivity contribution in [3.8, 4) is 5.69 Å². The summed E-state index contributed by atoms with van der Waals surface area (Å²) < 4.78 is 18.4. The van der Waals surface area contributed by atoms with Crippen LogP contribution < -0.4 is 16.6 Å². The van der Waals surface area contributed by atoms with Crippen molar-refractivity contribution in [2.75, 3.05) is 0 Å². The maximum Gasteiger partial charge on any atom is 0.265 e. The van der Waals surface area contributed by atoms with E-state index in [1.54, 1.807) is 35.3 Å². The fraction of sp³-hybridized carbons (Fsp3) is 0.310. The van der Waals surface area contributed by atoms with Crippen molar-refractivity contribution >= 4 is 23.2 Å². The molecule has 0 radical (unpaired) electrons. The van der Waals surface area contributed by atoms with Crippen molar-refractivity contribution in [2.45, 2.75) is 32.0 Å². The molecule has 1 saturated carbocycles. The molecule has 0 saturated heterocycles. The normalized spacial score (nSPS) is 23.7. The molecule has 2 aromatic heterocycles. The van der Waals surface area contributed by atoms with Gasteiger partial charge in [-0.15, -0.1) is 0 Å². The molecular formula is C29H28FN7O2. The number of nitrogens with one attached hydrogen (secondary N) is 1. The summed E-state index contributed by atoms with van der Waals surface area (Å²) in [6.07, 6.45) is 11.5. The SMILES string of the molecule is Cn1cc(C2=CC3C(c4cccc(-n5ccc6c(c5=O)C(F)=CC(C5CC5)C6)c4CO)=NC(N)=NC3N2)cn1. The first-order valence-corrected chi connectivity index (χ1v) is 13.2. The van der Waals surface area contributed by atoms with Gasteiger partial charge in [0.25, 0.3) is 5.56 Å². The lowest BCUT2D eigenvalue weighted by Crippen LogP contribution is -2.38. The Labute approximate surface area is 223 Å². The predicted molar refractivity (Wildman–Crippen MR) is 147 cm³/mol. The van der Waals surface area contributed by atoms with Crippen molar-refractivity contribution in [2.24, 2.45) is 40.5 Å². The topological polar surface area (TPSA) is 123 Å². The number of aliphatic hydroxyl groups excluding tert-OH is 1. The van der Waals surface area contributed by atoms with E-state index in [1.165, 1.54) is 4.57 Å². The van der Waals surface area contributed by atoms with Crippen LogP contribution >= 0.6 is 0 Å². The van der Waals surface area contributed by atoms with Gasteiger partial charge in [0.2, 0.25) is 5.96 Å². The fourth-order valence-electron chi connectivity index (χ4n) is 6.06. The van der Waals surface area contributed by atoms with Gasteiger partial charge in [0.15, 0.2) is 0 Å². The van der Waals surface area contributed by atoms with Crippen LogP contribution in [0.1, 0.15) is 40.7 Å². The molecule has 4 heterocycles. The number of hydrogen-bond donors (Lipinski definition) is 3. The number of aryl methyl sites for hydroxylation is 1. The van der Waals surface area contributed by atoms with Crippen molar-refractivity contribution in [3.63, 3.8) is 0 Å². The molecule has 198 valence electrons. The predicted octanol–water partition coefficient (Wildman–Crippen LogP) is 2.66. The van der Waals surface area contributed by atoms with Crippen molar-refractivity contribution in [3.05, 3.63) is 93.2 Å². The zero-order valence-corrected chi connectivity index (χ0v) is 21.4. The standard InChI is InChI=1S/C29H28FN7O2/c1-36-13-18(12-32-36)23-11-20-26(34-29(31)35-27(20)33-23)19-3-2-4-24(21(19)14-38)37-8-7-16-9-17(15-5-6-15)10-22(30)25(16)28(37)39/h2-4,7-8,10-13,15,17,20,27,33,38H,5-6,9,14H2,1H3,(H2,31,35). The van der Waals surface area contributed by atoms with Gasteiger partial charge in [-0.25, -0.2) is 14.4 Å². The highest BCUT2D eigenvalue weighted by molar-refractivity contribution is 6.12. The van der Waals surface area contributed by atoms with E-state index in [-0.39, 0.29) is 36.1 Å². The van der Waals surface area contributed by atoms with Crippen LogP contribution in [0.15, 0.2) is 69.8 Å². The lowest BCUT2D eigenvalue weighted by molar-refractivity contribution is 0.281. The number of aromatic nitrogens is 3. The number of aliphatic hydroxyl groups is 1. The Morgan fingerprint density at radius 1 is 1.23 bits per heavy atom. The second-order valence-corrected chi connectivity index (χ2v) is 10.7. The second-order valence-electron chi connectivity index (χ2n) is 10.7. The number of guanidine groups is 1. The molecule has 3 atom stereocenters. The van der Waals surface area contributed by atoms with Crippen LogP contribution in [0.3, 0.4) is 0 Å². The molecule has 1 aromatic carbocycles. The van der Waals surface area contributed by atoms with E-state index >= 15 is 4.39 Å². The summed E-state index contributed by atoms with van der Waals surface area (Å²) in [7, 11) is 1.85. The van der Waals surface area contributed by atoms with E-state index in [9.17, 15) is 9.90 Å². The Bertz CT molecular complexity index is 1690. The van der Waals surface area contributed by atoms with Gasteiger partial charge in [-0.3, -0.25) is 14.0 Å². The van der Waals surface area contributed by atoms with Crippen molar-refractivity contribution in [1.29, 1.82) is 0 Å². The molecule has 7 rings (SSSR count). The molecule has 39 heavy (non-hydrogen) atoms. The van der Waals surface area contributed by atoms with Gasteiger partial charge in [-0.2, -0.15) is 5.10 Å². The molecule has 4 aliphatic rings. The van der Waals surface area contributed by atoms with E-state index in [1.807, 2.05) is 31.5 Å². The second kappa shape index (κ2) is 8.88. The third-order valence-electron chi connectivity index (χ3n) is 8.13. The van der Waals surface area contributed by atoms with E-state index < -0.39 is 11.4 Å². The molecule has 3 unspecified atom stereocenters. The van der Waals surface area contributed by atoms with Gasteiger partial charge in [0, 0.05) is 41.8 Å². The summed E-state index contributed by atoms with van der Waals surface area (Å²) in [5.41, 5.74) is 10.6. The van der Waals surface area contributed by atoms with E-state index in [4.69, 9.17) is 5.73 Å². The van der Waals surface area contributed by atoms with Crippen LogP contribution in [0, 0.1) is 17.8 Å². The number of nitrogens with zero attached hydrogens (tertiary/aromatic N) is 5. The Kier molecular flexibility index (Phi) is 5.41. The summed E-state index contributed by atoms with van der Waals surface area (Å²) in [5.74, 6) is 0.0732. The molecule has 10 heteroatoms. The molecule has 3 aromatic rings.